The van der Waals surface area contributed by atoms with E-state index in [-0.39, 0.29) is 5.54 Å². The first-order valence-corrected chi connectivity index (χ1v) is 7.97. The van der Waals surface area contributed by atoms with Crippen LogP contribution in [0.4, 0.5) is 0 Å². The standard InChI is InChI=1S/C15H24N2S/c1-14(2,3)17-10-15(7-11-6-12(11)8-15)9-13-16-4-5-18-13/h4-5,11-12,17H,6-10H2,1-3H3. The van der Waals surface area contributed by atoms with E-state index in [4.69, 9.17) is 0 Å². The minimum atomic E-state index is 0.225. The third-order valence-corrected chi connectivity index (χ3v) is 5.24. The number of rotatable bonds is 4. The second-order valence-corrected chi connectivity index (χ2v) is 8.35. The summed E-state index contributed by atoms with van der Waals surface area (Å²) in [5.41, 5.74) is 0.710. The van der Waals surface area contributed by atoms with Gasteiger partial charge in [0.15, 0.2) is 0 Å². The van der Waals surface area contributed by atoms with Gasteiger partial charge < -0.3 is 5.32 Å². The van der Waals surface area contributed by atoms with Crippen LogP contribution in [0.3, 0.4) is 0 Å². The van der Waals surface area contributed by atoms with Crippen LogP contribution in [-0.2, 0) is 6.42 Å². The van der Waals surface area contributed by atoms with Crippen molar-refractivity contribution in [3.8, 4) is 0 Å². The summed E-state index contributed by atoms with van der Waals surface area (Å²) in [5, 5.41) is 7.17. The summed E-state index contributed by atoms with van der Waals surface area (Å²) in [5.74, 6) is 2.07. The van der Waals surface area contributed by atoms with Crippen molar-refractivity contribution < 1.29 is 0 Å². The summed E-state index contributed by atoms with van der Waals surface area (Å²) in [6.45, 7) is 7.95. The van der Waals surface area contributed by atoms with Gasteiger partial charge in [-0.25, -0.2) is 4.98 Å². The number of thiazole rings is 1. The van der Waals surface area contributed by atoms with Crippen LogP contribution in [0.2, 0.25) is 0 Å². The van der Waals surface area contributed by atoms with Crippen LogP contribution in [0.25, 0.3) is 0 Å². The molecule has 2 nitrogen and oxygen atoms in total. The monoisotopic (exact) mass is 264 g/mol. The molecule has 2 saturated carbocycles. The number of hydrogen-bond acceptors (Lipinski definition) is 3. The number of nitrogens with one attached hydrogen (secondary N) is 1. The third kappa shape index (κ3) is 2.77. The van der Waals surface area contributed by atoms with Gasteiger partial charge in [0, 0.05) is 30.1 Å². The maximum atomic E-state index is 4.50. The summed E-state index contributed by atoms with van der Waals surface area (Å²) in [7, 11) is 0. The molecule has 1 aromatic rings. The largest absolute Gasteiger partial charge is 0.312 e. The van der Waals surface area contributed by atoms with Crippen molar-refractivity contribution in [1.29, 1.82) is 0 Å². The minimum Gasteiger partial charge on any atom is -0.312 e. The summed E-state index contributed by atoms with van der Waals surface area (Å²) >= 11 is 1.82. The Bertz CT molecular complexity index is 395. The zero-order valence-corrected chi connectivity index (χ0v) is 12.5. The average molecular weight is 264 g/mol. The lowest BCUT2D eigenvalue weighted by Crippen LogP contribution is -2.44. The van der Waals surface area contributed by atoms with E-state index in [1.165, 1.54) is 30.7 Å². The van der Waals surface area contributed by atoms with Crippen molar-refractivity contribution in [3.63, 3.8) is 0 Å². The number of hydrogen-bond donors (Lipinski definition) is 1. The molecule has 2 atom stereocenters. The third-order valence-electron chi connectivity index (χ3n) is 4.46. The Morgan fingerprint density at radius 3 is 2.67 bits per heavy atom. The molecule has 3 rings (SSSR count). The zero-order valence-electron chi connectivity index (χ0n) is 11.7. The molecule has 0 saturated heterocycles. The van der Waals surface area contributed by atoms with Gasteiger partial charge in [-0.2, -0.15) is 0 Å². The molecule has 0 aromatic carbocycles. The second kappa shape index (κ2) is 4.31. The highest BCUT2D eigenvalue weighted by Gasteiger charge is 2.53. The molecular weight excluding hydrogens is 240 g/mol. The summed E-state index contributed by atoms with van der Waals surface area (Å²) < 4.78 is 0. The SMILES string of the molecule is CC(C)(C)NCC1(Cc2nccs2)CC2CC2C1. The van der Waals surface area contributed by atoms with Gasteiger partial charge in [0.1, 0.15) is 0 Å². The van der Waals surface area contributed by atoms with Crippen LogP contribution in [0.15, 0.2) is 11.6 Å². The average Bonchev–Trinajstić information content (AvgIpc) is 2.73. The first-order valence-electron chi connectivity index (χ1n) is 7.09. The Balaban J connectivity index is 1.68. The fourth-order valence-corrected chi connectivity index (χ4v) is 4.26. The molecule has 2 unspecified atom stereocenters. The Hall–Kier alpha value is -0.410. The summed E-state index contributed by atoms with van der Waals surface area (Å²) in [6.07, 6.45) is 7.46. The molecule has 0 spiro atoms. The Kier molecular flexibility index (Phi) is 3.02. The first kappa shape index (κ1) is 12.6. The lowest BCUT2D eigenvalue weighted by atomic mass is 9.79. The van der Waals surface area contributed by atoms with Crippen LogP contribution < -0.4 is 5.32 Å². The molecule has 2 fully saturated rings. The van der Waals surface area contributed by atoms with E-state index in [1.54, 1.807) is 0 Å². The fourth-order valence-electron chi connectivity index (χ4n) is 3.47. The van der Waals surface area contributed by atoms with Crippen LogP contribution in [0.5, 0.6) is 0 Å². The topological polar surface area (TPSA) is 24.9 Å². The fraction of sp³-hybridized carbons (Fsp3) is 0.800. The molecule has 3 heteroatoms. The predicted molar refractivity (Wildman–Crippen MR) is 76.8 cm³/mol. The molecule has 0 radical (unpaired) electrons. The minimum absolute atomic E-state index is 0.225. The Labute approximate surface area is 114 Å². The van der Waals surface area contributed by atoms with E-state index in [0.717, 1.165) is 18.4 Å². The molecule has 18 heavy (non-hydrogen) atoms. The van der Waals surface area contributed by atoms with Crippen LogP contribution in [0.1, 0.15) is 45.0 Å². The highest BCUT2D eigenvalue weighted by Crippen LogP contribution is 2.60. The highest BCUT2D eigenvalue weighted by molar-refractivity contribution is 7.09. The zero-order chi connectivity index (χ0) is 12.8. The van der Waals surface area contributed by atoms with Gasteiger partial charge in [0.2, 0.25) is 0 Å². The normalized spacial score (nSPS) is 34.6. The second-order valence-electron chi connectivity index (χ2n) is 7.37. The first-order chi connectivity index (χ1) is 8.46. The van der Waals surface area contributed by atoms with Crippen LogP contribution in [-0.4, -0.2) is 17.1 Å². The number of aromatic nitrogens is 1. The molecular formula is C15H24N2S. The van der Waals surface area contributed by atoms with Gasteiger partial charge in [-0.1, -0.05) is 0 Å². The van der Waals surface area contributed by atoms with E-state index >= 15 is 0 Å². The van der Waals surface area contributed by atoms with E-state index in [2.05, 4.69) is 36.5 Å². The number of nitrogens with zero attached hydrogens (tertiary/aromatic N) is 1. The van der Waals surface area contributed by atoms with E-state index < -0.39 is 0 Å². The molecule has 0 bridgehead atoms. The Morgan fingerprint density at radius 1 is 1.39 bits per heavy atom. The Morgan fingerprint density at radius 2 is 2.11 bits per heavy atom. The van der Waals surface area contributed by atoms with Gasteiger partial charge in [-0.05, 0) is 57.3 Å². The van der Waals surface area contributed by atoms with Crippen molar-refractivity contribution in [2.24, 2.45) is 17.3 Å². The molecule has 0 amide bonds. The highest BCUT2D eigenvalue weighted by atomic mass is 32.1. The van der Waals surface area contributed by atoms with Crippen LogP contribution >= 0.6 is 11.3 Å². The van der Waals surface area contributed by atoms with Crippen LogP contribution in [0, 0.1) is 17.3 Å². The van der Waals surface area contributed by atoms with E-state index in [0.29, 0.717) is 5.41 Å². The predicted octanol–water partition coefficient (Wildman–Crippen LogP) is 3.49. The van der Waals surface area contributed by atoms with Crippen molar-refractivity contribution in [1.82, 2.24) is 10.3 Å². The van der Waals surface area contributed by atoms with Gasteiger partial charge in [0.25, 0.3) is 0 Å². The lowest BCUT2D eigenvalue weighted by molar-refractivity contribution is 0.222. The van der Waals surface area contributed by atoms with E-state index in [1.807, 2.05) is 17.5 Å². The smallest absolute Gasteiger partial charge is 0.0930 e. The molecule has 2 aliphatic carbocycles. The molecule has 1 N–H and O–H groups in total. The lowest BCUT2D eigenvalue weighted by Gasteiger charge is -2.34. The van der Waals surface area contributed by atoms with Crippen molar-refractivity contribution in [2.75, 3.05) is 6.54 Å². The molecule has 1 aromatic heterocycles. The van der Waals surface area contributed by atoms with Crippen molar-refractivity contribution in [3.05, 3.63) is 16.6 Å². The summed E-state index contributed by atoms with van der Waals surface area (Å²) in [6, 6.07) is 0. The van der Waals surface area contributed by atoms with Crippen molar-refractivity contribution in [2.45, 2.75) is 52.0 Å². The van der Waals surface area contributed by atoms with Gasteiger partial charge in [-0.3, -0.25) is 0 Å². The van der Waals surface area contributed by atoms with Gasteiger partial charge in [-0.15, -0.1) is 11.3 Å². The van der Waals surface area contributed by atoms with Crippen molar-refractivity contribution >= 4 is 11.3 Å². The summed E-state index contributed by atoms with van der Waals surface area (Å²) in [4.78, 5) is 4.50. The molecule has 100 valence electrons. The van der Waals surface area contributed by atoms with Gasteiger partial charge >= 0.3 is 0 Å². The van der Waals surface area contributed by atoms with E-state index in [9.17, 15) is 0 Å². The molecule has 0 aliphatic heterocycles. The molecule has 1 heterocycles. The maximum absolute atomic E-state index is 4.50. The maximum Gasteiger partial charge on any atom is 0.0930 e. The molecule has 2 aliphatic rings. The quantitative estimate of drug-likeness (QED) is 0.900. The van der Waals surface area contributed by atoms with Gasteiger partial charge in [0.05, 0.1) is 5.01 Å². The number of fused-ring (bicyclic) bond motifs is 1.